The zero-order valence-electron chi connectivity index (χ0n) is 15.0. The number of nitrogens with one attached hydrogen (secondary N) is 1. The summed E-state index contributed by atoms with van der Waals surface area (Å²) in [6, 6.07) is 19.4. The largest absolute Gasteiger partial charge is 0.497 e. The Morgan fingerprint density at radius 2 is 1.64 bits per heavy atom. The Balaban J connectivity index is 1.88. The molecule has 2 aromatic heterocycles. The Hall–Kier alpha value is -3.86. The molecule has 0 saturated carbocycles. The fourth-order valence-electron chi connectivity index (χ4n) is 3.52. The molecular weight excluding hydrogens is 354 g/mol. The lowest BCUT2D eigenvalue weighted by molar-refractivity contribution is 0.415. The topological polar surface area (TPSA) is 72.3 Å². The summed E-state index contributed by atoms with van der Waals surface area (Å²) in [5.41, 5.74) is 2.04. The van der Waals surface area contributed by atoms with E-state index in [4.69, 9.17) is 9.15 Å². The standard InChI is InChI=1S/C23H15NO4/c1-27-14-8-6-13(7-9-14)20-12-19(25)16-10-11-18-21(23(16)28-20)22(26)15-4-2-3-5-17(15)24-18/h2-12H,1H3,(H,24,26). The third-order valence-electron chi connectivity index (χ3n) is 4.94. The van der Waals surface area contributed by atoms with Crippen molar-refractivity contribution in [3.05, 3.63) is 87.2 Å². The second-order valence-electron chi connectivity index (χ2n) is 6.57. The van der Waals surface area contributed by atoms with Crippen LogP contribution in [-0.2, 0) is 0 Å². The molecule has 0 radical (unpaired) electrons. The van der Waals surface area contributed by atoms with Crippen molar-refractivity contribution < 1.29 is 9.15 Å². The van der Waals surface area contributed by atoms with Crippen molar-refractivity contribution in [2.75, 3.05) is 7.11 Å². The van der Waals surface area contributed by atoms with Crippen LogP contribution in [0.5, 0.6) is 5.75 Å². The molecule has 5 rings (SSSR count). The van der Waals surface area contributed by atoms with E-state index < -0.39 is 0 Å². The van der Waals surface area contributed by atoms with Gasteiger partial charge in [0.2, 0.25) is 5.43 Å². The second-order valence-corrected chi connectivity index (χ2v) is 6.57. The van der Waals surface area contributed by atoms with E-state index in [0.717, 1.165) is 11.1 Å². The van der Waals surface area contributed by atoms with Gasteiger partial charge in [-0.15, -0.1) is 0 Å². The Bertz CT molecular complexity index is 1480. The average molecular weight is 369 g/mol. The lowest BCUT2D eigenvalue weighted by Gasteiger charge is -2.08. The summed E-state index contributed by atoms with van der Waals surface area (Å²) in [6.07, 6.45) is 0. The van der Waals surface area contributed by atoms with Gasteiger partial charge in [-0.05, 0) is 48.5 Å². The molecule has 0 saturated heterocycles. The summed E-state index contributed by atoms with van der Waals surface area (Å²) in [4.78, 5) is 29.1. The first-order valence-electron chi connectivity index (χ1n) is 8.82. The van der Waals surface area contributed by atoms with Crippen LogP contribution in [0.4, 0.5) is 0 Å². The normalized spacial score (nSPS) is 11.3. The fourth-order valence-corrected chi connectivity index (χ4v) is 3.52. The minimum atomic E-state index is -0.193. The van der Waals surface area contributed by atoms with Crippen molar-refractivity contribution in [2.24, 2.45) is 0 Å². The summed E-state index contributed by atoms with van der Waals surface area (Å²) < 4.78 is 11.3. The Labute approximate surface area is 158 Å². The van der Waals surface area contributed by atoms with Crippen LogP contribution >= 0.6 is 0 Å². The number of methoxy groups -OCH3 is 1. The zero-order chi connectivity index (χ0) is 19.3. The number of pyridine rings is 1. The van der Waals surface area contributed by atoms with Crippen LogP contribution < -0.4 is 15.6 Å². The van der Waals surface area contributed by atoms with Crippen LogP contribution in [-0.4, -0.2) is 12.1 Å². The molecule has 5 aromatic rings. The minimum Gasteiger partial charge on any atom is -0.497 e. The van der Waals surface area contributed by atoms with Crippen LogP contribution in [0, 0.1) is 0 Å². The molecule has 2 heterocycles. The number of ether oxygens (including phenoxy) is 1. The number of hydrogen-bond donors (Lipinski definition) is 1. The summed E-state index contributed by atoms with van der Waals surface area (Å²) in [7, 11) is 1.59. The number of rotatable bonds is 2. The molecule has 0 unspecified atom stereocenters. The minimum absolute atomic E-state index is 0.162. The van der Waals surface area contributed by atoms with Crippen LogP contribution in [0.3, 0.4) is 0 Å². The number of hydrogen-bond acceptors (Lipinski definition) is 4. The molecule has 0 spiro atoms. The van der Waals surface area contributed by atoms with E-state index in [1.54, 1.807) is 37.4 Å². The average Bonchev–Trinajstić information content (AvgIpc) is 2.73. The summed E-state index contributed by atoms with van der Waals surface area (Å²) in [5.74, 6) is 1.11. The smallest absolute Gasteiger partial charge is 0.201 e. The maximum Gasteiger partial charge on any atom is 0.201 e. The molecule has 5 nitrogen and oxygen atoms in total. The number of benzene rings is 3. The molecule has 0 bridgehead atoms. The molecule has 0 aliphatic heterocycles. The summed E-state index contributed by atoms with van der Waals surface area (Å²) in [6.45, 7) is 0. The molecule has 5 heteroatoms. The molecule has 0 aliphatic carbocycles. The van der Waals surface area contributed by atoms with Gasteiger partial charge in [-0.3, -0.25) is 9.59 Å². The number of fused-ring (bicyclic) bond motifs is 4. The van der Waals surface area contributed by atoms with Crippen molar-refractivity contribution in [1.82, 2.24) is 4.98 Å². The van der Waals surface area contributed by atoms with Crippen LogP contribution in [0.25, 0.3) is 44.1 Å². The zero-order valence-corrected chi connectivity index (χ0v) is 15.0. The molecule has 0 fully saturated rings. The molecule has 0 aliphatic rings. The van der Waals surface area contributed by atoms with Gasteiger partial charge in [0, 0.05) is 22.5 Å². The molecule has 3 aromatic carbocycles. The highest BCUT2D eigenvalue weighted by Crippen LogP contribution is 2.28. The van der Waals surface area contributed by atoms with Crippen molar-refractivity contribution in [2.45, 2.75) is 0 Å². The monoisotopic (exact) mass is 369 g/mol. The van der Waals surface area contributed by atoms with Gasteiger partial charge in [0.05, 0.1) is 23.4 Å². The Kier molecular flexibility index (Phi) is 3.55. The van der Waals surface area contributed by atoms with Gasteiger partial charge in [0.1, 0.15) is 11.5 Å². The third kappa shape index (κ3) is 2.41. The Morgan fingerprint density at radius 3 is 2.43 bits per heavy atom. The van der Waals surface area contributed by atoms with Gasteiger partial charge >= 0.3 is 0 Å². The van der Waals surface area contributed by atoms with Gasteiger partial charge in [0.25, 0.3) is 0 Å². The van der Waals surface area contributed by atoms with E-state index in [2.05, 4.69) is 4.98 Å². The maximum absolute atomic E-state index is 13.1. The molecule has 0 amide bonds. The van der Waals surface area contributed by atoms with E-state index in [1.165, 1.54) is 6.07 Å². The van der Waals surface area contributed by atoms with Crippen LogP contribution in [0.15, 0.2) is 80.7 Å². The predicted octanol–water partition coefficient (Wildman–Crippen LogP) is 4.46. The predicted molar refractivity (Wildman–Crippen MR) is 110 cm³/mol. The van der Waals surface area contributed by atoms with E-state index in [0.29, 0.717) is 38.8 Å². The SMILES string of the molecule is COc1ccc(-c2cc(=O)c3ccc4[nH]c5ccccc5c(=O)c4c3o2)cc1. The van der Waals surface area contributed by atoms with Crippen LogP contribution in [0.2, 0.25) is 0 Å². The fraction of sp³-hybridized carbons (Fsp3) is 0.0435. The maximum atomic E-state index is 13.1. The van der Waals surface area contributed by atoms with Gasteiger partial charge in [-0.25, -0.2) is 0 Å². The van der Waals surface area contributed by atoms with Crippen molar-refractivity contribution in [1.29, 1.82) is 0 Å². The van der Waals surface area contributed by atoms with Gasteiger partial charge < -0.3 is 14.1 Å². The van der Waals surface area contributed by atoms with Crippen molar-refractivity contribution >= 4 is 32.8 Å². The lowest BCUT2D eigenvalue weighted by Crippen LogP contribution is -2.07. The number of aromatic amines is 1. The first kappa shape index (κ1) is 16.3. The van der Waals surface area contributed by atoms with E-state index >= 15 is 0 Å². The lowest BCUT2D eigenvalue weighted by atomic mass is 10.1. The number of aromatic nitrogens is 1. The molecule has 136 valence electrons. The number of H-pyrrole nitrogens is 1. The first-order chi connectivity index (χ1) is 13.7. The van der Waals surface area contributed by atoms with Gasteiger partial charge in [-0.2, -0.15) is 0 Å². The molecule has 28 heavy (non-hydrogen) atoms. The third-order valence-corrected chi connectivity index (χ3v) is 4.94. The second kappa shape index (κ2) is 6.09. The molecule has 1 N–H and O–H groups in total. The molecular formula is C23H15NO4. The van der Waals surface area contributed by atoms with Crippen LogP contribution in [0.1, 0.15) is 0 Å². The highest BCUT2D eigenvalue weighted by molar-refractivity contribution is 6.06. The van der Waals surface area contributed by atoms with E-state index in [1.807, 2.05) is 30.3 Å². The Morgan fingerprint density at radius 1 is 0.857 bits per heavy atom. The highest BCUT2D eigenvalue weighted by atomic mass is 16.5. The van der Waals surface area contributed by atoms with Crippen molar-refractivity contribution in [3.63, 3.8) is 0 Å². The molecule has 0 atom stereocenters. The summed E-state index contributed by atoms with van der Waals surface area (Å²) >= 11 is 0. The number of para-hydroxylation sites is 1. The van der Waals surface area contributed by atoms with E-state index in [-0.39, 0.29) is 10.9 Å². The van der Waals surface area contributed by atoms with Gasteiger partial charge in [-0.1, -0.05) is 12.1 Å². The quantitative estimate of drug-likeness (QED) is 0.368. The van der Waals surface area contributed by atoms with Gasteiger partial charge in [0.15, 0.2) is 11.0 Å². The highest BCUT2D eigenvalue weighted by Gasteiger charge is 2.14. The van der Waals surface area contributed by atoms with Crippen molar-refractivity contribution in [3.8, 4) is 17.1 Å². The van der Waals surface area contributed by atoms with E-state index in [9.17, 15) is 9.59 Å². The first-order valence-corrected chi connectivity index (χ1v) is 8.82. The summed E-state index contributed by atoms with van der Waals surface area (Å²) in [5, 5.41) is 1.31.